The van der Waals surface area contributed by atoms with Crippen molar-refractivity contribution in [2.24, 2.45) is 5.92 Å². The van der Waals surface area contributed by atoms with E-state index in [1.54, 1.807) is 18.2 Å². The number of hydrogen-bond acceptors (Lipinski definition) is 3. The maximum atomic E-state index is 13.4. The maximum absolute atomic E-state index is 13.4. The Hall–Kier alpha value is -1.86. The van der Waals surface area contributed by atoms with Crippen LogP contribution >= 0.6 is 15.9 Å². The summed E-state index contributed by atoms with van der Waals surface area (Å²) in [4.78, 5) is 0.257. The predicted molar refractivity (Wildman–Crippen MR) is 109 cm³/mol. The number of aromatic nitrogens is 2. The Labute approximate surface area is 162 Å². The molecule has 0 aliphatic heterocycles. The van der Waals surface area contributed by atoms with Crippen LogP contribution in [0.1, 0.15) is 26.3 Å². The smallest absolute Gasteiger partial charge is 0.264 e. The van der Waals surface area contributed by atoms with E-state index < -0.39 is 10.0 Å². The van der Waals surface area contributed by atoms with Gasteiger partial charge in [-0.2, -0.15) is 5.10 Å². The molecule has 138 valence electrons. The fraction of sp³-hybridized carbons (Fsp3) is 0.316. The molecule has 1 N–H and O–H groups in total. The normalized spacial score (nSPS) is 12.0. The van der Waals surface area contributed by atoms with Crippen molar-refractivity contribution < 1.29 is 8.42 Å². The molecule has 5 nitrogen and oxygen atoms in total. The number of rotatable bonds is 6. The summed E-state index contributed by atoms with van der Waals surface area (Å²) in [6.45, 7) is 6.52. The number of anilines is 1. The Morgan fingerprint density at radius 2 is 1.85 bits per heavy atom. The summed E-state index contributed by atoms with van der Waals surface area (Å²) in [5.41, 5.74) is 2.65. The number of nitrogens with zero attached hydrogens (tertiary/aromatic N) is 2. The molecule has 2 aromatic carbocycles. The fourth-order valence-electron chi connectivity index (χ4n) is 2.82. The second-order valence-corrected chi connectivity index (χ2v) is 9.29. The van der Waals surface area contributed by atoms with Gasteiger partial charge in [-0.05, 0) is 64.2 Å². The van der Waals surface area contributed by atoms with Gasteiger partial charge >= 0.3 is 0 Å². The first-order valence-electron chi connectivity index (χ1n) is 8.58. The lowest BCUT2D eigenvalue weighted by atomic mass is 10.1. The number of H-pyrrole nitrogens is 1. The van der Waals surface area contributed by atoms with Gasteiger partial charge in [0.1, 0.15) is 4.60 Å². The summed E-state index contributed by atoms with van der Waals surface area (Å²) >= 11 is 3.36. The van der Waals surface area contributed by atoms with Crippen LogP contribution in [0.2, 0.25) is 0 Å². The number of aromatic amines is 1. The number of hydrogen-bond donors (Lipinski definition) is 1. The maximum Gasteiger partial charge on any atom is 0.264 e. The van der Waals surface area contributed by atoms with Crippen molar-refractivity contribution in [1.82, 2.24) is 10.2 Å². The standard InChI is InChI=1S/C19H22BrN3O2S/c1-4-14-5-7-15(8-6-14)23(12-13(2)3)26(24,25)16-9-10-18-17(11-16)19(20)22-21-18/h5-11,13H,4,12H2,1-3H3,(H,21,22). The molecule has 0 saturated heterocycles. The molecule has 0 bridgehead atoms. The van der Waals surface area contributed by atoms with Crippen LogP contribution in [0, 0.1) is 5.92 Å². The Morgan fingerprint density at radius 3 is 2.46 bits per heavy atom. The Bertz CT molecular complexity index is 1010. The van der Waals surface area contributed by atoms with E-state index in [0.717, 1.165) is 17.3 Å². The van der Waals surface area contributed by atoms with Gasteiger partial charge in [-0.3, -0.25) is 9.40 Å². The highest BCUT2D eigenvalue weighted by Crippen LogP contribution is 2.29. The zero-order chi connectivity index (χ0) is 18.9. The molecule has 0 aliphatic rings. The van der Waals surface area contributed by atoms with Crippen LogP contribution in [-0.4, -0.2) is 25.2 Å². The third-order valence-corrected chi connectivity index (χ3v) is 6.63. The first-order valence-corrected chi connectivity index (χ1v) is 10.8. The van der Waals surface area contributed by atoms with Gasteiger partial charge in [0.2, 0.25) is 0 Å². The van der Waals surface area contributed by atoms with Gasteiger partial charge < -0.3 is 0 Å². The van der Waals surface area contributed by atoms with Crippen LogP contribution in [-0.2, 0) is 16.4 Å². The average Bonchev–Trinajstić information content (AvgIpc) is 3.00. The summed E-state index contributed by atoms with van der Waals surface area (Å²) in [5, 5.41) is 7.69. The van der Waals surface area contributed by atoms with E-state index in [1.807, 2.05) is 38.1 Å². The summed E-state index contributed by atoms with van der Waals surface area (Å²) in [6.07, 6.45) is 0.919. The summed E-state index contributed by atoms with van der Waals surface area (Å²) < 4.78 is 28.9. The summed E-state index contributed by atoms with van der Waals surface area (Å²) in [5.74, 6) is 0.194. The molecule has 0 atom stereocenters. The molecule has 0 unspecified atom stereocenters. The second-order valence-electron chi connectivity index (χ2n) is 6.67. The molecule has 0 fully saturated rings. The minimum absolute atomic E-state index is 0.194. The second kappa shape index (κ2) is 7.40. The van der Waals surface area contributed by atoms with Crippen molar-refractivity contribution in [3.8, 4) is 0 Å². The van der Waals surface area contributed by atoms with Gasteiger partial charge in [-0.15, -0.1) is 0 Å². The molecular formula is C19H22BrN3O2S. The number of aryl methyl sites for hydroxylation is 1. The highest BCUT2D eigenvalue weighted by Gasteiger charge is 2.26. The largest absolute Gasteiger partial charge is 0.277 e. The number of benzene rings is 2. The molecule has 3 rings (SSSR count). The molecule has 0 radical (unpaired) electrons. The lowest BCUT2D eigenvalue weighted by Gasteiger charge is -2.26. The zero-order valence-corrected chi connectivity index (χ0v) is 17.4. The SMILES string of the molecule is CCc1ccc(N(CC(C)C)S(=O)(=O)c2ccc3[nH]nc(Br)c3c2)cc1. The van der Waals surface area contributed by atoms with Gasteiger partial charge in [0.25, 0.3) is 10.0 Å². The molecule has 3 aromatic rings. The Balaban J connectivity index is 2.08. The van der Waals surface area contributed by atoms with Gasteiger partial charge in [0.15, 0.2) is 0 Å². The van der Waals surface area contributed by atoms with Gasteiger partial charge in [0.05, 0.1) is 16.1 Å². The summed E-state index contributed by atoms with van der Waals surface area (Å²) in [6, 6.07) is 12.7. The topological polar surface area (TPSA) is 66.1 Å². The number of halogens is 1. The molecule has 0 amide bonds. The van der Waals surface area contributed by atoms with Crippen LogP contribution in [0.4, 0.5) is 5.69 Å². The molecule has 0 spiro atoms. The van der Waals surface area contributed by atoms with E-state index >= 15 is 0 Å². The minimum atomic E-state index is -3.68. The van der Waals surface area contributed by atoms with Crippen LogP contribution in [0.15, 0.2) is 52.0 Å². The van der Waals surface area contributed by atoms with Crippen LogP contribution in [0.25, 0.3) is 10.9 Å². The van der Waals surface area contributed by atoms with Crippen molar-refractivity contribution in [3.05, 3.63) is 52.6 Å². The molecule has 1 aromatic heterocycles. The highest BCUT2D eigenvalue weighted by molar-refractivity contribution is 9.10. The van der Waals surface area contributed by atoms with Crippen LogP contribution in [0.3, 0.4) is 0 Å². The van der Waals surface area contributed by atoms with Gasteiger partial charge in [0, 0.05) is 11.9 Å². The lowest BCUT2D eigenvalue weighted by molar-refractivity contribution is 0.578. The van der Waals surface area contributed by atoms with E-state index in [-0.39, 0.29) is 10.8 Å². The number of nitrogens with one attached hydrogen (secondary N) is 1. The molecule has 26 heavy (non-hydrogen) atoms. The van der Waals surface area contributed by atoms with Crippen LogP contribution in [0.5, 0.6) is 0 Å². The monoisotopic (exact) mass is 435 g/mol. The molecular weight excluding hydrogens is 414 g/mol. The van der Waals surface area contributed by atoms with Crippen molar-refractivity contribution in [2.45, 2.75) is 32.1 Å². The number of sulfonamides is 1. The minimum Gasteiger partial charge on any atom is -0.277 e. The molecule has 1 heterocycles. The van der Waals surface area contributed by atoms with E-state index in [4.69, 9.17) is 0 Å². The molecule has 7 heteroatoms. The third-order valence-electron chi connectivity index (χ3n) is 4.24. The van der Waals surface area contributed by atoms with Crippen molar-refractivity contribution in [3.63, 3.8) is 0 Å². The number of fused-ring (bicyclic) bond motifs is 1. The van der Waals surface area contributed by atoms with Crippen molar-refractivity contribution in [2.75, 3.05) is 10.8 Å². The van der Waals surface area contributed by atoms with Crippen LogP contribution < -0.4 is 4.31 Å². The van der Waals surface area contributed by atoms with E-state index in [1.165, 1.54) is 9.87 Å². The Morgan fingerprint density at radius 1 is 1.15 bits per heavy atom. The van der Waals surface area contributed by atoms with E-state index in [0.29, 0.717) is 16.8 Å². The lowest BCUT2D eigenvalue weighted by Crippen LogP contribution is -2.34. The first-order chi connectivity index (χ1) is 12.3. The Kier molecular flexibility index (Phi) is 5.39. The molecule has 0 aliphatic carbocycles. The highest BCUT2D eigenvalue weighted by atomic mass is 79.9. The zero-order valence-electron chi connectivity index (χ0n) is 15.0. The van der Waals surface area contributed by atoms with Gasteiger partial charge in [-0.1, -0.05) is 32.9 Å². The average molecular weight is 436 g/mol. The van der Waals surface area contributed by atoms with Gasteiger partial charge in [-0.25, -0.2) is 8.42 Å². The van der Waals surface area contributed by atoms with E-state index in [2.05, 4.69) is 33.1 Å². The van der Waals surface area contributed by atoms with Crippen molar-refractivity contribution >= 4 is 42.5 Å². The first kappa shape index (κ1) is 18.9. The van der Waals surface area contributed by atoms with Crippen molar-refractivity contribution in [1.29, 1.82) is 0 Å². The molecule has 0 saturated carbocycles. The quantitative estimate of drug-likeness (QED) is 0.607. The third kappa shape index (κ3) is 3.64. The fourth-order valence-corrected chi connectivity index (χ4v) is 4.89. The summed E-state index contributed by atoms with van der Waals surface area (Å²) in [7, 11) is -3.68. The predicted octanol–water partition coefficient (Wildman–Crippen LogP) is 4.74. The van der Waals surface area contributed by atoms with E-state index in [9.17, 15) is 8.42 Å².